The molecule has 1 heterocycles. The number of imidazole rings is 1. The highest BCUT2D eigenvalue weighted by atomic mass is 35.5. The molecule has 92 valence electrons. The number of amides is 1. The number of fused-ring (bicyclic) bond motifs is 1. The second-order valence-corrected chi connectivity index (χ2v) is 3.71. The molecule has 1 aromatic heterocycles. The summed E-state index contributed by atoms with van der Waals surface area (Å²) in [6, 6.07) is 7.23. The topological polar surface area (TPSA) is 83.8 Å². The number of rotatable bonds is 3. The maximum absolute atomic E-state index is 11.3. The van der Waals surface area contributed by atoms with Crippen molar-refractivity contribution in [2.75, 3.05) is 0 Å². The molecule has 6 heteroatoms. The third-order valence-corrected chi connectivity index (χ3v) is 2.28. The maximum Gasteiger partial charge on any atom is 0.237 e. The van der Waals surface area contributed by atoms with E-state index in [4.69, 9.17) is 5.73 Å². The van der Waals surface area contributed by atoms with Gasteiger partial charge < -0.3 is 16.0 Å². The van der Waals surface area contributed by atoms with E-state index in [-0.39, 0.29) is 18.3 Å². The zero-order chi connectivity index (χ0) is 11.5. The van der Waals surface area contributed by atoms with Crippen molar-refractivity contribution in [3.8, 4) is 0 Å². The van der Waals surface area contributed by atoms with E-state index in [1.54, 1.807) is 6.92 Å². The van der Waals surface area contributed by atoms with Crippen molar-refractivity contribution >= 4 is 29.3 Å². The number of hydrogen-bond acceptors (Lipinski definition) is 3. The third-order valence-electron chi connectivity index (χ3n) is 2.28. The second kappa shape index (κ2) is 5.65. The molecule has 0 bridgehead atoms. The Morgan fingerprint density at radius 3 is 2.88 bits per heavy atom. The normalized spacial score (nSPS) is 11.9. The average molecular weight is 255 g/mol. The largest absolute Gasteiger partial charge is 0.348 e. The lowest BCUT2D eigenvalue weighted by Gasteiger charge is -2.05. The molecule has 0 spiro atoms. The zero-order valence-electron chi connectivity index (χ0n) is 9.43. The van der Waals surface area contributed by atoms with Crippen LogP contribution in [-0.2, 0) is 11.3 Å². The van der Waals surface area contributed by atoms with Gasteiger partial charge in [0.2, 0.25) is 5.91 Å². The Kier molecular flexibility index (Phi) is 4.48. The first kappa shape index (κ1) is 13.5. The molecule has 0 saturated heterocycles. The summed E-state index contributed by atoms with van der Waals surface area (Å²) in [5, 5.41) is 2.70. The van der Waals surface area contributed by atoms with Crippen LogP contribution in [0, 0.1) is 0 Å². The van der Waals surface area contributed by atoms with Crippen molar-refractivity contribution in [2.45, 2.75) is 19.5 Å². The van der Waals surface area contributed by atoms with E-state index < -0.39 is 6.04 Å². The molecule has 0 aliphatic rings. The Balaban J connectivity index is 0.00000144. The summed E-state index contributed by atoms with van der Waals surface area (Å²) in [5.74, 6) is 0.552. The van der Waals surface area contributed by atoms with Crippen LogP contribution < -0.4 is 11.1 Å². The van der Waals surface area contributed by atoms with Crippen LogP contribution in [0.4, 0.5) is 0 Å². The molecule has 2 aromatic rings. The molecule has 1 amide bonds. The molecule has 0 saturated carbocycles. The highest BCUT2D eigenvalue weighted by Crippen LogP contribution is 2.09. The molecule has 0 aliphatic heterocycles. The van der Waals surface area contributed by atoms with Crippen molar-refractivity contribution in [3.63, 3.8) is 0 Å². The molecule has 4 N–H and O–H groups in total. The van der Waals surface area contributed by atoms with Crippen LogP contribution in [0.3, 0.4) is 0 Å². The number of carbonyl (C=O) groups is 1. The van der Waals surface area contributed by atoms with Crippen molar-refractivity contribution in [1.29, 1.82) is 0 Å². The van der Waals surface area contributed by atoms with Gasteiger partial charge in [0, 0.05) is 0 Å². The first-order valence-corrected chi connectivity index (χ1v) is 5.14. The van der Waals surface area contributed by atoms with Gasteiger partial charge in [-0.1, -0.05) is 12.1 Å². The fourth-order valence-corrected chi connectivity index (χ4v) is 1.42. The summed E-state index contributed by atoms with van der Waals surface area (Å²) in [4.78, 5) is 18.7. The number of H-pyrrole nitrogens is 1. The summed E-state index contributed by atoms with van der Waals surface area (Å²) in [5.41, 5.74) is 7.29. The monoisotopic (exact) mass is 254 g/mol. The van der Waals surface area contributed by atoms with Crippen molar-refractivity contribution < 1.29 is 4.79 Å². The van der Waals surface area contributed by atoms with Crippen LogP contribution in [0.25, 0.3) is 11.0 Å². The van der Waals surface area contributed by atoms with E-state index in [0.717, 1.165) is 16.9 Å². The SMILES string of the molecule is CC(N)C(=O)NCc1nc2ccccc2[nH]1.Cl. The van der Waals surface area contributed by atoms with Gasteiger partial charge in [-0.15, -0.1) is 12.4 Å². The van der Waals surface area contributed by atoms with Crippen LogP contribution in [0.2, 0.25) is 0 Å². The van der Waals surface area contributed by atoms with Gasteiger partial charge in [0.15, 0.2) is 0 Å². The average Bonchev–Trinajstić information content (AvgIpc) is 2.68. The third kappa shape index (κ3) is 3.18. The van der Waals surface area contributed by atoms with Gasteiger partial charge in [0.1, 0.15) is 5.82 Å². The van der Waals surface area contributed by atoms with Gasteiger partial charge in [0.05, 0.1) is 23.6 Å². The van der Waals surface area contributed by atoms with E-state index in [1.165, 1.54) is 0 Å². The Hall–Kier alpha value is -1.59. The smallest absolute Gasteiger partial charge is 0.237 e. The van der Waals surface area contributed by atoms with Crippen LogP contribution >= 0.6 is 12.4 Å². The molecule has 0 fully saturated rings. The molecule has 0 aliphatic carbocycles. The number of halogens is 1. The van der Waals surface area contributed by atoms with Crippen LogP contribution in [0.5, 0.6) is 0 Å². The predicted molar refractivity (Wildman–Crippen MR) is 68.8 cm³/mol. The molecular formula is C11H15ClN4O. The maximum atomic E-state index is 11.3. The van der Waals surface area contributed by atoms with Crippen molar-refractivity contribution in [2.24, 2.45) is 5.73 Å². The van der Waals surface area contributed by atoms with Crippen molar-refractivity contribution in [1.82, 2.24) is 15.3 Å². The van der Waals surface area contributed by atoms with E-state index in [0.29, 0.717) is 6.54 Å². The number of nitrogens with two attached hydrogens (primary N) is 1. The summed E-state index contributed by atoms with van der Waals surface area (Å²) >= 11 is 0. The van der Waals surface area contributed by atoms with Crippen LogP contribution in [0.1, 0.15) is 12.7 Å². The molecule has 2 rings (SSSR count). The quantitative estimate of drug-likeness (QED) is 0.763. The van der Waals surface area contributed by atoms with Gasteiger partial charge in [-0.3, -0.25) is 4.79 Å². The second-order valence-electron chi connectivity index (χ2n) is 3.71. The minimum Gasteiger partial charge on any atom is -0.348 e. The Morgan fingerprint density at radius 1 is 1.53 bits per heavy atom. The summed E-state index contributed by atoms with van der Waals surface area (Å²) < 4.78 is 0. The Bertz CT molecular complexity index is 476. The van der Waals surface area contributed by atoms with Gasteiger partial charge in [-0.05, 0) is 19.1 Å². The highest BCUT2D eigenvalue weighted by molar-refractivity contribution is 5.85. The number of hydrogen-bond donors (Lipinski definition) is 3. The zero-order valence-corrected chi connectivity index (χ0v) is 10.3. The van der Waals surface area contributed by atoms with Gasteiger partial charge in [0.25, 0.3) is 0 Å². The summed E-state index contributed by atoms with van der Waals surface area (Å²) in [7, 11) is 0. The van der Waals surface area contributed by atoms with Gasteiger partial charge in [-0.2, -0.15) is 0 Å². The number of aromatic nitrogens is 2. The number of para-hydroxylation sites is 2. The lowest BCUT2D eigenvalue weighted by Crippen LogP contribution is -2.38. The highest BCUT2D eigenvalue weighted by Gasteiger charge is 2.07. The van der Waals surface area contributed by atoms with Crippen LogP contribution in [0.15, 0.2) is 24.3 Å². The summed E-state index contributed by atoms with van der Waals surface area (Å²) in [6.45, 7) is 2.02. The van der Waals surface area contributed by atoms with Crippen LogP contribution in [-0.4, -0.2) is 21.9 Å². The lowest BCUT2D eigenvalue weighted by molar-refractivity contribution is -0.122. The standard InChI is InChI=1S/C11H14N4O.ClH/c1-7(12)11(16)13-6-10-14-8-4-2-3-5-9(8)15-10;/h2-5,7H,6,12H2,1H3,(H,13,16)(H,14,15);1H. The molecule has 17 heavy (non-hydrogen) atoms. The lowest BCUT2D eigenvalue weighted by atomic mass is 10.3. The Labute approximate surface area is 105 Å². The molecular weight excluding hydrogens is 240 g/mol. The molecule has 5 nitrogen and oxygen atoms in total. The first-order chi connectivity index (χ1) is 7.66. The molecule has 1 aromatic carbocycles. The number of nitrogens with zero attached hydrogens (tertiary/aromatic N) is 1. The van der Waals surface area contributed by atoms with E-state index in [1.807, 2.05) is 24.3 Å². The van der Waals surface area contributed by atoms with E-state index in [2.05, 4.69) is 15.3 Å². The van der Waals surface area contributed by atoms with Gasteiger partial charge in [-0.25, -0.2) is 4.98 Å². The summed E-state index contributed by atoms with van der Waals surface area (Å²) in [6.07, 6.45) is 0. The fraction of sp³-hybridized carbons (Fsp3) is 0.273. The number of aromatic amines is 1. The first-order valence-electron chi connectivity index (χ1n) is 5.14. The van der Waals surface area contributed by atoms with Crippen molar-refractivity contribution in [3.05, 3.63) is 30.1 Å². The Morgan fingerprint density at radius 2 is 2.24 bits per heavy atom. The number of carbonyl (C=O) groups excluding carboxylic acids is 1. The van der Waals surface area contributed by atoms with Gasteiger partial charge >= 0.3 is 0 Å². The minimum atomic E-state index is -0.496. The molecule has 1 atom stereocenters. The molecule has 0 radical (unpaired) electrons. The van der Waals surface area contributed by atoms with E-state index in [9.17, 15) is 4.79 Å². The number of nitrogens with one attached hydrogen (secondary N) is 2. The van der Waals surface area contributed by atoms with E-state index >= 15 is 0 Å². The fourth-order valence-electron chi connectivity index (χ4n) is 1.42. The minimum absolute atomic E-state index is 0. The predicted octanol–water partition coefficient (Wildman–Crippen LogP) is 0.948. The molecule has 1 unspecified atom stereocenters. The number of benzene rings is 1.